The summed E-state index contributed by atoms with van der Waals surface area (Å²) in [5, 5.41) is 8.79. The fraction of sp³-hybridized carbons (Fsp3) is 0.364. The van der Waals surface area contributed by atoms with E-state index in [-0.39, 0.29) is 6.42 Å². The molecule has 0 spiro atoms. The van der Waals surface area contributed by atoms with Crippen molar-refractivity contribution in [2.45, 2.75) is 18.6 Å². The van der Waals surface area contributed by atoms with Crippen LogP contribution in [-0.4, -0.2) is 23.3 Å². The lowest BCUT2D eigenvalue weighted by molar-refractivity contribution is -0.172. The van der Waals surface area contributed by atoms with Crippen molar-refractivity contribution in [3.63, 3.8) is 0 Å². The van der Waals surface area contributed by atoms with Gasteiger partial charge in [0.15, 0.2) is 0 Å². The van der Waals surface area contributed by atoms with E-state index >= 15 is 0 Å². The maximum absolute atomic E-state index is 12.4. The fourth-order valence-corrected chi connectivity index (χ4v) is 1.46. The van der Waals surface area contributed by atoms with Crippen LogP contribution in [-0.2, 0) is 11.2 Å². The van der Waals surface area contributed by atoms with E-state index in [1.807, 2.05) is 0 Å². The topological polar surface area (TPSA) is 63.3 Å². The summed E-state index contributed by atoms with van der Waals surface area (Å²) >= 11 is 0. The molecule has 0 radical (unpaired) electrons. The molecule has 2 atom stereocenters. The Morgan fingerprint density at radius 1 is 1.29 bits per heavy atom. The molecule has 0 saturated carbocycles. The van der Waals surface area contributed by atoms with Crippen molar-refractivity contribution in [1.82, 2.24) is 0 Å². The third-order valence-corrected chi connectivity index (χ3v) is 2.43. The van der Waals surface area contributed by atoms with E-state index in [0.717, 1.165) is 0 Å². The number of alkyl halides is 3. The van der Waals surface area contributed by atoms with Gasteiger partial charge >= 0.3 is 12.1 Å². The van der Waals surface area contributed by atoms with Crippen LogP contribution in [0.1, 0.15) is 5.56 Å². The largest absolute Gasteiger partial charge is 0.481 e. The summed E-state index contributed by atoms with van der Waals surface area (Å²) in [5.41, 5.74) is 5.45. The molecule has 3 N–H and O–H groups in total. The molecule has 1 aromatic carbocycles. The Bertz CT molecular complexity index is 378. The molecule has 1 rings (SSSR count). The number of hydrogen-bond acceptors (Lipinski definition) is 2. The summed E-state index contributed by atoms with van der Waals surface area (Å²) in [6.45, 7) is 0. The van der Waals surface area contributed by atoms with E-state index in [9.17, 15) is 18.0 Å². The second kappa shape index (κ2) is 5.18. The molecule has 0 heterocycles. The highest BCUT2D eigenvalue weighted by molar-refractivity contribution is 5.71. The fourth-order valence-electron chi connectivity index (χ4n) is 1.46. The first-order chi connectivity index (χ1) is 7.82. The maximum Gasteiger partial charge on any atom is 0.404 e. The van der Waals surface area contributed by atoms with E-state index in [1.165, 1.54) is 0 Å². The Balaban J connectivity index is 2.85. The van der Waals surface area contributed by atoms with Gasteiger partial charge in [-0.3, -0.25) is 4.79 Å². The molecule has 0 saturated heterocycles. The molecule has 0 aliphatic carbocycles. The van der Waals surface area contributed by atoms with Crippen LogP contribution in [0.2, 0.25) is 0 Å². The Kier molecular flexibility index (Phi) is 4.11. The number of rotatable bonds is 4. The van der Waals surface area contributed by atoms with Gasteiger partial charge in [-0.05, 0) is 12.0 Å². The first-order valence-corrected chi connectivity index (χ1v) is 4.91. The summed E-state index contributed by atoms with van der Waals surface area (Å²) in [7, 11) is 0. The van der Waals surface area contributed by atoms with E-state index in [0.29, 0.717) is 5.56 Å². The zero-order valence-corrected chi connectivity index (χ0v) is 8.82. The number of hydrogen-bond donors (Lipinski definition) is 2. The molecule has 1 unspecified atom stereocenters. The number of nitrogens with two attached hydrogens (primary N) is 1. The quantitative estimate of drug-likeness (QED) is 0.853. The number of carbonyl (C=O) groups is 1. The molecule has 0 bridgehead atoms. The molecule has 94 valence electrons. The van der Waals surface area contributed by atoms with Gasteiger partial charge in [-0.2, -0.15) is 13.2 Å². The van der Waals surface area contributed by atoms with Crippen molar-refractivity contribution in [2.24, 2.45) is 11.7 Å². The standard InChI is InChI=1S/C11H12F3NO2/c12-11(13,14)9(15)8(10(16)17)6-7-4-2-1-3-5-7/h1-5,8-9H,6,15H2,(H,16,17)/t8?,9-/m0/s1. The summed E-state index contributed by atoms with van der Waals surface area (Å²) in [6, 6.07) is 5.74. The second-order valence-corrected chi connectivity index (χ2v) is 3.70. The Morgan fingerprint density at radius 2 is 1.82 bits per heavy atom. The molecule has 0 amide bonds. The van der Waals surface area contributed by atoms with E-state index in [2.05, 4.69) is 0 Å². The number of carboxylic acid groups (broad SMARTS) is 1. The van der Waals surface area contributed by atoms with E-state index in [1.54, 1.807) is 30.3 Å². The molecule has 0 fully saturated rings. The highest BCUT2D eigenvalue weighted by Crippen LogP contribution is 2.26. The molecular weight excluding hydrogens is 235 g/mol. The summed E-state index contributed by atoms with van der Waals surface area (Å²) < 4.78 is 37.1. The summed E-state index contributed by atoms with van der Waals surface area (Å²) in [5.74, 6) is -3.21. The van der Waals surface area contributed by atoms with Crippen molar-refractivity contribution >= 4 is 5.97 Å². The third-order valence-electron chi connectivity index (χ3n) is 2.43. The molecule has 0 aromatic heterocycles. The number of carboxylic acids is 1. The number of halogens is 3. The molecule has 0 aliphatic heterocycles. The van der Waals surface area contributed by atoms with Crippen LogP contribution in [0.4, 0.5) is 13.2 Å². The van der Waals surface area contributed by atoms with Crippen molar-refractivity contribution < 1.29 is 23.1 Å². The van der Waals surface area contributed by atoms with Crippen molar-refractivity contribution in [1.29, 1.82) is 0 Å². The summed E-state index contributed by atoms with van der Waals surface area (Å²) in [4.78, 5) is 10.8. The highest BCUT2D eigenvalue weighted by atomic mass is 19.4. The van der Waals surface area contributed by atoms with Crippen LogP contribution >= 0.6 is 0 Å². The van der Waals surface area contributed by atoms with E-state index < -0.39 is 24.1 Å². The first kappa shape index (κ1) is 13.5. The summed E-state index contributed by atoms with van der Waals surface area (Å²) in [6.07, 6.45) is -4.95. The van der Waals surface area contributed by atoms with Gasteiger partial charge in [-0.25, -0.2) is 0 Å². The van der Waals surface area contributed by atoms with Gasteiger partial charge in [0.25, 0.3) is 0 Å². The Hall–Kier alpha value is -1.56. The number of aliphatic carboxylic acids is 1. The number of benzene rings is 1. The molecule has 3 nitrogen and oxygen atoms in total. The minimum absolute atomic E-state index is 0.239. The van der Waals surface area contributed by atoms with Crippen LogP contribution < -0.4 is 5.73 Å². The Labute approximate surface area is 96.0 Å². The lowest BCUT2D eigenvalue weighted by Gasteiger charge is -2.22. The first-order valence-electron chi connectivity index (χ1n) is 4.91. The molecule has 17 heavy (non-hydrogen) atoms. The Morgan fingerprint density at radius 3 is 2.24 bits per heavy atom. The van der Waals surface area contributed by atoms with Crippen LogP contribution in [0.5, 0.6) is 0 Å². The van der Waals surface area contributed by atoms with Crippen LogP contribution in [0.3, 0.4) is 0 Å². The average Bonchev–Trinajstić information content (AvgIpc) is 2.24. The van der Waals surface area contributed by atoms with Crippen LogP contribution in [0, 0.1) is 5.92 Å². The second-order valence-electron chi connectivity index (χ2n) is 3.70. The lowest BCUT2D eigenvalue weighted by atomic mass is 9.92. The van der Waals surface area contributed by atoms with Gasteiger partial charge in [0.1, 0.15) is 6.04 Å². The lowest BCUT2D eigenvalue weighted by Crippen LogP contribution is -2.47. The monoisotopic (exact) mass is 247 g/mol. The molecule has 1 aromatic rings. The zero-order chi connectivity index (χ0) is 13.1. The third kappa shape index (κ3) is 3.74. The van der Waals surface area contributed by atoms with Crippen molar-refractivity contribution in [3.8, 4) is 0 Å². The van der Waals surface area contributed by atoms with Gasteiger partial charge in [0, 0.05) is 0 Å². The van der Waals surface area contributed by atoms with Gasteiger partial charge in [0.2, 0.25) is 0 Å². The predicted molar refractivity (Wildman–Crippen MR) is 55.3 cm³/mol. The van der Waals surface area contributed by atoms with Gasteiger partial charge in [-0.1, -0.05) is 30.3 Å². The predicted octanol–water partition coefficient (Wildman–Crippen LogP) is 1.82. The minimum atomic E-state index is -4.71. The van der Waals surface area contributed by atoms with Crippen LogP contribution in [0.25, 0.3) is 0 Å². The zero-order valence-electron chi connectivity index (χ0n) is 8.82. The van der Waals surface area contributed by atoms with Gasteiger partial charge < -0.3 is 10.8 Å². The van der Waals surface area contributed by atoms with E-state index in [4.69, 9.17) is 10.8 Å². The molecule has 6 heteroatoms. The van der Waals surface area contributed by atoms with Gasteiger partial charge in [0.05, 0.1) is 5.92 Å². The van der Waals surface area contributed by atoms with Crippen molar-refractivity contribution in [2.75, 3.05) is 0 Å². The van der Waals surface area contributed by atoms with Crippen LogP contribution in [0.15, 0.2) is 30.3 Å². The van der Waals surface area contributed by atoms with Gasteiger partial charge in [-0.15, -0.1) is 0 Å². The molecule has 0 aliphatic rings. The minimum Gasteiger partial charge on any atom is -0.481 e. The smallest absolute Gasteiger partial charge is 0.404 e. The highest BCUT2D eigenvalue weighted by Gasteiger charge is 2.44. The maximum atomic E-state index is 12.4. The SMILES string of the molecule is N[C@@H](C(Cc1ccccc1)C(=O)O)C(F)(F)F. The average molecular weight is 247 g/mol. The molecular formula is C11H12F3NO2. The van der Waals surface area contributed by atoms with Crippen molar-refractivity contribution in [3.05, 3.63) is 35.9 Å². The normalized spacial score (nSPS) is 15.3.